The Hall–Kier alpha value is -2.30. The lowest BCUT2D eigenvalue weighted by atomic mass is 10.2. The zero-order valence-corrected chi connectivity index (χ0v) is 8.43. The number of rotatable bonds is 0. The number of furan rings is 1. The summed E-state index contributed by atoms with van der Waals surface area (Å²) in [6.07, 6.45) is 0. The van der Waals surface area contributed by atoms with Crippen LogP contribution in [-0.4, -0.2) is 20.2 Å². The van der Waals surface area contributed by atoms with Crippen LogP contribution in [0.1, 0.15) is 5.82 Å². The number of nitrogens with zero attached hydrogens (tertiary/aromatic N) is 2. The van der Waals surface area contributed by atoms with E-state index in [0.29, 0.717) is 16.9 Å². The topological polar surface area (TPSA) is 79.4 Å². The molecule has 0 unspecified atom stereocenters. The molecule has 3 rings (SSSR count). The van der Waals surface area contributed by atoms with Gasteiger partial charge < -0.3 is 14.6 Å². The Balaban J connectivity index is 2.55. The largest absolute Gasteiger partial charge is 0.508 e. The van der Waals surface area contributed by atoms with Crippen molar-refractivity contribution in [3.63, 3.8) is 0 Å². The highest BCUT2D eigenvalue weighted by Crippen LogP contribution is 2.33. The Kier molecular flexibility index (Phi) is 1.60. The number of phenols is 1. The van der Waals surface area contributed by atoms with E-state index < -0.39 is 0 Å². The lowest BCUT2D eigenvalue weighted by Gasteiger charge is -1.94. The molecule has 0 fully saturated rings. The van der Waals surface area contributed by atoms with Gasteiger partial charge >= 0.3 is 0 Å². The Labute approximate surface area is 90.0 Å². The smallest absolute Gasteiger partial charge is 0.259 e. The van der Waals surface area contributed by atoms with Gasteiger partial charge in [0, 0.05) is 11.5 Å². The third-order valence-electron chi connectivity index (χ3n) is 2.39. The van der Waals surface area contributed by atoms with Crippen molar-refractivity contribution in [1.82, 2.24) is 9.97 Å². The number of aromatic nitrogens is 2. The van der Waals surface area contributed by atoms with E-state index in [2.05, 4.69) is 9.97 Å². The van der Waals surface area contributed by atoms with Gasteiger partial charge in [-0.2, -0.15) is 4.98 Å². The third kappa shape index (κ3) is 1.11. The predicted octanol–water partition coefficient (Wildman–Crippen LogP) is 2.10. The third-order valence-corrected chi connectivity index (χ3v) is 2.39. The van der Waals surface area contributed by atoms with Gasteiger partial charge in [-0.15, -0.1) is 0 Å². The van der Waals surface area contributed by atoms with Crippen LogP contribution in [0.25, 0.3) is 22.1 Å². The molecule has 2 aromatic heterocycles. The summed E-state index contributed by atoms with van der Waals surface area (Å²) in [6, 6.07) is 4.72. The van der Waals surface area contributed by atoms with Crippen LogP contribution in [0.15, 0.2) is 22.6 Å². The van der Waals surface area contributed by atoms with Gasteiger partial charge in [0.2, 0.25) is 5.58 Å². The minimum absolute atomic E-state index is 0.107. The monoisotopic (exact) mass is 216 g/mol. The minimum Gasteiger partial charge on any atom is -0.508 e. The van der Waals surface area contributed by atoms with Gasteiger partial charge in [-0.05, 0) is 19.1 Å². The number of aromatic hydroxyl groups is 2. The van der Waals surface area contributed by atoms with Crippen LogP contribution in [0, 0.1) is 6.92 Å². The van der Waals surface area contributed by atoms with Gasteiger partial charge in [0.05, 0.1) is 0 Å². The second kappa shape index (κ2) is 2.85. The number of benzene rings is 1. The van der Waals surface area contributed by atoms with Crippen LogP contribution in [0.5, 0.6) is 11.6 Å². The van der Waals surface area contributed by atoms with E-state index >= 15 is 0 Å². The van der Waals surface area contributed by atoms with E-state index in [-0.39, 0.29) is 17.2 Å². The van der Waals surface area contributed by atoms with Crippen molar-refractivity contribution in [2.75, 3.05) is 0 Å². The van der Waals surface area contributed by atoms with Gasteiger partial charge in [-0.3, -0.25) is 0 Å². The summed E-state index contributed by atoms with van der Waals surface area (Å²) in [5, 5.41) is 19.7. The number of hydrogen-bond donors (Lipinski definition) is 2. The summed E-state index contributed by atoms with van der Waals surface area (Å²) in [5.41, 5.74) is 1.27. The van der Waals surface area contributed by atoms with Crippen molar-refractivity contribution < 1.29 is 14.6 Å². The number of phenolic OH excluding ortho intramolecular Hbond substituents is 1. The first-order valence-electron chi connectivity index (χ1n) is 4.74. The standard InChI is InChI=1S/C11H8N2O3/c1-5-12-9-7-3-2-6(14)4-8(7)16-10(9)11(15)13-5/h2-4,14H,1H3,(H,12,13,15). The van der Waals surface area contributed by atoms with Crippen molar-refractivity contribution in [2.24, 2.45) is 0 Å². The lowest BCUT2D eigenvalue weighted by Crippen LogP contribution is -1.86. The number of aryl methyl sites for hydroxylation is 1. The molecule has 2 N–H and O–H groups in total. The van der Waals surface area contributed by atoms with E-state index in [4.69, 9.17) is 4.42 Å². The Morgan fingerprint density at radius 1 is 1.19 bits per heavy atom. The van der Waals surface area contributed by atoms with Crippen LogP contribution < -0.4 is 0 Å². The molecule has 0 aliphatic heterocycles. The van der Waals surface area contributed by atoms with Crippen molar-refractivity contribution in [1.29, 1.82) is 0 Å². The van der Waals surface area contributed by atoms with Crippen LogP contribution in [-0.2, 0) is 0 Å². The van der Waals surface area contributed by atoms with Crippen LogP contribution in [0.3, 0.4) is 0 Å². The van der Waals surface area contributed by atoms with Crippen LogP contribution in [0.2, 0.25) is 0 Å². The van der Waals surface area contributed by atoms with E-state index in [9.17, 15) is 10.2 Å². The maximum Gasteiger partial charge on any atom is 0.259 e. The highest BCUT2D eigenvalue weighted by Gasteiger charge is 2.13. The fraction of sp³-hybridized carbons (Fsp3) is 0.0909. The molecule has 0 atom stereocenters. The van der Waals surface area contributed by atoms with Gasteiger partial charge in [-0.1, -0.05) is 0 Å². The molecular weight excluding hydrogens is 208 g/mol. The van der Waals surface area contributed by atoms with Crippen LogP contribution >= 0.6 is 0 Å². The second-order valence-electron chi connectivity index (χ2n) is 3.55. The highest BCUT2D eigenvalue weighted by atomic mass is 16.4. The second-order valence-corrected chi connectivity index (χ2v) is 3.55. The summed E-state index contributed by atoms with van der Waals surface area (Å²) < 4.78 is 5.38. The molecule has 0 aliphatic carbocycles. The van der Waals surface area contributed by atoms with E-state index in [1.165, 1.54) is 6.07 Å². The molecule has 0 saturated heterocycles. The first kappa shape index (κ1) is 8.96. The molecule has 2 heterocycles. The fourth-order valence-corrected chi connectivity index (χ4v) is 1.73. The fourth-order valence-electron chi connectivity index (χ4n) is 1.73. The Morgan fingerprint density at radius 3 is 2.81 bits per heavy atom. The summed E-state index contributed by atoms with van der Waals surface area (Å²) in [5.74, 6) is 0.398. The molecule has 5 heteroatoms. The molecule has 0 bridgehead atoms. The van der Waals surface area contributed by atoms with Crippen molar-refractivity contribution in [2.45, 2.75) is 6.92 Å². The normalized spacial score (nSPS) is 11.3. The van der Waals surface area contributed by atoms with Gasteiger partial charge in [0.25, 0.3) is 5.88 Å². The van der Waals surface area contributed by atoms with E-state index in [0.717, 1.165) is 5.39 Å². The lowest BCUT2D eigenvalue weighted by molar-refractivity contribution is 0.444. The SMILES string of the molecule is Cc1nc(O)c2oc3cc(O)ccc3c2n1. The Bertz CT molecular complexity index is 703. The molecule has 5 nitrogen and oxygen atoms in total. The van der Waals surface area contributed by atoms with Crippen molar-refractivity contribution in [3.8, 4) is 11.6 Å². The number of hydrogen-bond acceptors (Lipinski definition) is 5. The molecule has 1 aromatic carbocycles. The van der Waals surface area contributed by atoms with Crippen molar-refractivity contribution >= 4 is 22.1 Å². The zero-order valence-electron chi connectivity index (χ0n) is 8.43. The average molecular weight is 216 g/mol. The maximum absolute atomic E-state index is 9.62. The predicted molar refractivity (Wildman–Crippen MR) is 57.4 cm³/mol. The summed E-state index contributed by atoms with van der Waals surface area (Å²) in [4.78, 5) is 8.02. The zero-order chi connectivity index (χ0) is 11.3. The molecule has 16 heavy (non-hydrogen) atoms. The summed E-state index contributed by atoms with van der Waals surface area (Å²) in [7, 11) is 0. The molecular formula is C11H8N2O3. The van der Waals surface area contributed by atoms with Crippen LogP contribution in [0.4, 0.5) is 0 Å². The maximum atomic E-state index is 9.62. The molecule has 3 aromatic rings. The van der Waals surface area contributed by atoms with Gasteiger partial charge in [0.1, 0.15) is 22.7 Å². The summed E-state index contributed by atoms with van der Waals surface area (Å²) >= 11 is 0. The molecule has 80 valence electrons. The average Bonchev–Trinajstić information content (AvgIpc) is 2.56. The van der Waals surface area contributed by atoms with E-state index in [1.54, 1.807) is 19.1 Å². The minimum atomic E-state index is -0.182. The molecule has 0 amide bonds. The molecule has 0 radical (unpaired) electrons. The van der Waals surface area contributed by atoms with Crippen molar-refractivity contribution in [3.05, 3.63) is 24.0 Å². The number of fused-ring (bicyclic) bond motifs is 3. The highest BCUT2D eigenvalue weighted by molar-refractivity contribution is 6.04. The molecule has 0 spiro atoms. The van der Waals surface area contributed by atoms with Gasteiger partial charge in [0.15, 0.2) is 0 Å². The molecule has 0 saturated carbocycles. The summed E-state index contributed by atoms with van der Waals surface area (Å²) in [6.45, 7) is 1.69. The molecule has 0 aliphatic rings. The van der Waals surface area contributed by atoms with Gasteiger partial charge in [-0.25, -0.2) is 4.98 Å². The Morgan fingerprint density at radius 2 is 2.00 bits per heavy atom. The van der Waals surface area contributed by atoms with E-state index in [1.807, 2.05) is 0 Å². The quantitative estimate of drug-likeness (QED) is 0.601. The first-order valence-corrected chi connectivity index (χ1v) is 4.74. The first-order chi connectivity index (χ1) is 7.65.